The molecule has 0 amide bonds. The second-order valence-electron chi connectivity index (χ2n) is 5.88. The monoisotopic (exact) mass is 352 g/mol. The third kappa shape index (κ3) is 3.19. The van der Waals surface area contributed by atoms with Crippen molar-refractivity contribution >= 4 is 10.0 Å². The lowest BCUT2D eigenvalue weighted by molar-refractivity contribution is 0.160. The minimum absolute atomic E-state index is 0.217. The minimum atomic E-state index is -4.14. The van der Waals surface area contributed by atoms with Gasteiger partial charge in [0.05, 0.1) is 6.04 Å². The van der Waals surface area contributed by atoms with Crippen LogP contribution in [0.5, 0.6) is 0 Å². The summed E-state index contributed by atoms with van der Waals surface area (Å²) in [6.45, 7) is 1.23. The van der Waals surface area contributed by atoms with Crippen molar-refractivity contribution in [3.63, 3.8) is 0 Å². The van der Waals surface area contributed by atoms with Gasteiger partial charge in [-0.3, -0.25) is 0 Å². The van der Waals surface area contributed by atoms with Crippen molar-refractivity contribution in [2.75, 3.05) is 26.7 Å². The molecule has 0 spiro atoms. The van der Waals surface area contributed by atoms with Gasteiger partial charge in [-0.1, -0.05) is 30.3 Å². The summed E-state index contributed by atoms with van der Waals surface area (Å²) in [6, 6.07) is 11.2. The molecule has 128 valence electrons. The number of sulfonamides is 1. The number of halogens is 2. The van der Waals surface area contributed by atoms with E-state index in [9.17, 15) is 17.2 Å². The zero-order valence-electron chi connectivity index (χ0n) is 13.2. The number of hydrogen-bond donors (Lipinski definition) is 0. The molecule has 1 aliphatic heterocycles. The molecule has 4 nitrogen and oxygen atoms in total. The first-order valence-corrected chi connectivity index (χ1v) is 9.04. The largest absolute Gasteiger partial charge is 0.303 e. The molecule has 0 unspecified atom stereocenters. The first-order valence-electron chi connectivity index (χ1n) is 7.60. The molecule has 7 heteroatoms. The highest BCUT2D eigenvalue weighted by molar-refractivity contribution is 7.89. The van der Waals surface area contributed by atoms with Gasteiger partial charge in [-0.2, -0.15) is 4.31 Å². The van der Waals surface area contributed by atoms with Gasteiger partial charge in [0.2, 0.25) is 10.0 Å². The molecule has 1 aliphatic rings. The standard InChI is InChI=1S/C17H18F2N2O2S/c1-20-9-10-21(16(12-20)13-5-3-2-4-6-13)24(22,23)17-11-14(18)7-8-15(17)19/h2-8,11,16H,9-10,12H2,1H3/t16-/m0/s1. The molecule has 1 fully saturated rings. The van der Waals surface area contributed by atoms with E-state index in [4.69, 9.17) is 0 Å². The maximum Gasteiger partial charge on any atom is 0.246 e. The van der Waals surface area contributed by atoms with Crippen LogP contribution in [0.1, 0.15) is 11.6 Å². The molecule has 0 saturated carbocycles. The van der Waals surface area contributed by atoms with Gasteiger partial charge in [-0.15, -0.1) is 0 Å². The first kappa shape index (κ1) is 17.0. The number of benzene rings is 2. The molecule has 0 bridgehead atoms. The Kier molecular flexibility index (Phi) is 4.67. The normalized spacial score (nSPS) is 20.2. The number of rotatable bonds is 3. The second kappa shape index (κ2) is 6.58. The molecular weight excluding hydrogens is 334 g/mol. The molecular formula is C17H18F2N2O2S. The number of piperazine rings is 1. The van der Waals surface area contributed by atoms with Crippen molar-refractivity contribution in [1.82, 2.24) is 9.21 Å². The Bertz CT molecular complexity index is 828. The van der Waals surface area contributed by atoms with Crippen molar-refractivity contribution in [2.24, 2.45) is 0 Å². The summed E-state index contributed by atoms with van der Waals surface area (Å²) in [7, 11) is -2.24. The molecule has 1 heterocycles. The van der Waals surface area contributed by atoms with Crippen LogP contribution in [0.2, 0.25) is 0 Å². The Labute approximate surface area is 140 Å². The summed E-state index contributed by atoms with van der Waals surface area (Å²) >= 11 is 0. The third-order valence-electron chi connectivity index (χ3n) is 4.20. The zero-order chi connectivity index (χ0) is 17.3. The highest BCUT2D eigenvalue weighted by Gasteiger charge is 2.37. The molecule has 0 aromatic heterocycles. The van der Waals surface area contributed by atoms with Gasteiger partial charge >= 0.3 is 0 Å². The van der Waals surface area contributed by atoms with Crippen molar-refractivity contribution < 1.29 is 17.2 Å². The van der Waals surface area contributed by atoms with Crippen molar-refractivity contribution in [1.29, 1.82) is 0 Å². The predicted octanol–water partition coefficient (Wildman–Crippen LogP) is 2.64. The SMILES string of the molecule is CN1CCN(S(=O)(=O)c2cc(F)ccc2F)[C@H](c2ccccc2)C1. The summed E-state index contributed by atoms with van der Waals surface area (Å²) in [6.07, 6.45) is 0. The second-order valence-corrected chi connectivity index (χ2v) is 7.74. The van der Waals surface area contributed by atoms with Crippen LogP contribution in [0.25, 0.3) is 0 Å². The van der Waals surface area contributed by atoms with E-state index in [1.807, 2.05) is 42.3 Å². The first-order chi connectivity index (χ1) is 11.4. The highest BCUT2D eigenvalue weighted by Crippen LogP contribution is 2.31. The molecule has 1 atom stereocenters. The van der Waals surface area contributed by atoms with Crippen LogP contribution in [0.15, 0.2) is 53.4 Å². The fourth-order valence-corrected chi connectivity index (χ4v) is 4.61. The Balaban J connectivity index is 2.05. The average molecular weight is 352 g/mol. The average Bonchev–Trinajstić information content (AvgIpc) is 2.57. The van der Waals surface area contributed by atoms with E-state index in [1.165, 1.54) is 4.31 Å². The van der Waals surface area contributed by atoms with E-state index < -0.39 is 32.6 Å². The lowest BCUT2D eigenvalue weighted by Gasteiger charge is -2.39. The maximum atomic E-state index is 14.0. The smallest absolute Gasteiger partial charge is 0.246 e. The summed E-state index contributed by atoms with van der Waals surface area (Å²) in [5.41, 5.74) is 0.824. The summed E-state index contributed by atoms with van der Waals surface area (Å²) in [5.74, 6) is -1.72. The topological polar surface area (TPSA) is 40.6 Å². The molecule has 0 radical (unpaired) electrons. The Morgan fingerprint density at radius 3 is 2.46 bits per heavy atom. The van der Waals surface area contributed by atoms with Crippen LogP contribution >= 0.6 is 0 Å². The van der Waals surface area contributed by atoms with Crippen LogP contribution in [0.4, 0.5) is 8.78 Å². The molecule has 2 aromatic carbocycles. The molecule has 3 rings (SSSR count). The Hall–Kier alpha value is -1.83. The van der Waals surface area contributed by atoms with E-state index in [0.717, 1.165) is 23.8 Å². The summed E-state index contributed by atoms with van der Waals surface area (Å²) in [4.78, 5) is 1.40. The van der Waals surface area contributed by atoms with Gasteiger partial charge in [-0.05, 0) is 30.8 Å². The van der Waals surface area contributed by atoms with Crippen LogP contribution in [-0.2, 0) is 10.0 Å². The van der Waals surface area contributed by atoms with Gasteiger partial charge in [0.25, 0.3) is 0 Å². The van der Waals surface area contributed by atoms with Gasteiger partial charge in [0, 0.05) is 19.6 Å². The molecule has 0 N–H and O–H groups in total. The molecule has 0 aliphatic carbocycles. The van der Waals surface area contributed by atoms with E-state index in [-0.39, 0.29) is 6.54 Å². The van der Waals surface area contributed by atoms with Crippen LogP contribution in [0.3, 0.4) is 0 Å². The predicted molar refractivity (Wildman–Crippen MR) is 86.9 cm³/mol. The molecule has 2 aromatic rings. The number of hydrogen-bond acceptors (Lipinski definition) is 3. The number of nitrogens with zero attached hydrogens (tertiary/aromatic N) is 2. The zero-order valence-corrected chi connectivity index (χ0v) is 14.0. The quantitative estimate of drug-likeness (QED) is 0.853. The van der Waals surface area contributed by atoms with Crippen molar-refractivity contribution in [3.05, 3.63) is 65.7 Å². The Morgan fingerprint density at radius 1 is 1.04 bits per heavy atom. The molecule has 1 saturated heterocycles. The van der Waals surface area contributed by atoms with Crippen LogP contribution in [-0.4, -0.2) is 44.3 Å². The van der Waals surface area contributed by atoms with Gasteiger partial charge in [0.15, 0.2) is 0 Å². The fourth-order valence-electron chi connectivity index (χ4n) is 2.94. The third-order valence-corrected chi connectivity index (χ3v) is 6.12. The lowest BCUT2D eigenvalue weighted by atomic mass is 10.1. The lowest BCUT2D eigenvalue weighted by Crippen LogP contribution is -2.49. The highest BCUT2D eigenvalue weighted by atomic mass is 32.2. The van der Waals surface area contributed by atoms with Gasteiger partial charge in [-0.25, -0.2) is 17.2 Å². The number of likely N-dealkylation sites (N-methyl/N-ethyl adjacent to an activating group) is 1. The maximum absolute atomic E-state index is 14.0. The summed E-state index contributed by atoms with van der Waals surface area (Å²) in [5, 5.41) is 0. The van der Waals surface area contributed by atoms with Gasteiger partial charge < -0.3 is 4.90 Å². The van der Waals surface area contributed by atoms with Crippen molar-refractivity contribution in [3.8, 4) is 0 Å². The molecule has 24 heavy (non-hydrogen) atoms. The fraction of sp³-hybridized carbons (Fsp3) is 0.294. The van der Waals surface area contributed by atoms with E-state index in [0.29, 0.717) is 13.1 Å². The minimum Gasteiger partial charge on any atom is -0.303 e. The van der Waals surface area contributed by atoms with E-state index in [1.54, 1.807) is 0 Å². The van der Waals surface area contributed by atoms with E-state index in [2.05, 4.69) is 0 Å². The van der Waals surface area contributed by atoms with Crippen LogP contribution < -0.4 is 0 Å². The van der Waals surface area contributed by atoms with Gasteiger partial charge in [0.1, 0.15) is 16.5 Å². The van der Waals surface area contributed by atoms with Crippen LogP contribution in [0, 0.1) is 11.6 Å². The Morgan fingerprint density at radius 2 is 1.75 bits per heavy atom. The van der Waals surface area contributed by atoms with Crippen molar-refractivity contribution in [2.45, 2.75) is 10.9 Å². The van der Waals surface area contributed by atoms with E-state index >= 15 is 0 Å². The summed E-state index contributed by atoms with van der Waals surface area (Å²) < 4.78 is 54.7.